The van der Waals surface area contributed by atoms with Crippen molar-refractivity contribution in [2.45, 2.75) is 65.9 Å². The fraction of sp³-hybridized carbons (Fsp3) is 0.792. The topological polar surface area (TPSA) is 69.6 Å². The predicted molar refractivity (Wildman–Crippen MR) is 125 cm³/mol. The van der Waals surface area contributed by atoms with Crippen LogP contribution in [0.1, 0.15) is 59.8 Å². The number of carboxylic acid groups (broad SMARTS) is 1. The standard InChI is InChI=1S/C20H30O3.C4H9Cl2N/c1-12(2)14-10-13-6-7-17-19(3,15(13)11-16(14)21)8-5-9-20(17,4)18(22)23;5-1-3-7-4-2-6/h6,10,12,15-17,21H,5,7-9,11H2,1-4H3,(H,22,23);7H,1-4H2/t15-,16?,17+,19+,20+;/m0./s1. The van der Waals surface area contributed by atoms with E-state index in [1.165, 1.54) is 5.57 Å². The van der Waals surface area contributed by atoms with Crippen molar-refractivity contribution in [3.05, 3.63) is 23.3 Å². The van der Waals surface area contributed by atoms with Crippen molar-refractivity contribution in [1.82, 2.24) is 5.32 Å². The number of aliphatic hydroxyl groups is 1. The lowest BCUT2D eigenvalue weighted by molar-refractivity contribution is -0.162. The Hall–Kier alpha value is -0.550. The molecule has 1 fully saturated rings. The Bertz CT molecular complexity index is 659. The molecule has 30 heavy (non-hydrogen) atoms. The first-order chi connectivity index (χ1) is 14.1. The fourth-order valence-electron chi connectivity index (χ4n) is 5.91. The lowest BCUT2D eigenvalue weighted by Crippen LogP contribution is -2.53. The van der Waals surface area contributed by atoms with Gasteiger partial charge >= 0.3 is 5.97 Å². The van der Waals surface area contributed by atoms with Gasteiger partial charge in [-0.1, -0.05) is 39.3 Å². The largest absolute Gasteiger partial charge is 0.481 e. The maximum Gasteiger partial charge on any atom is 0.309 e. The second kappa shape index (κ2) is 10.8. The molecule has 0 saturated heterocycles. The Kier molecular flexibility index (Phi) is 9.30. The SMILES string of the molecule is CC(C)C1=CC2=CC[C@@H]3[C@](C)(CCC[C@@]3(C)C(=O)O)[C@H]2CC1O.ClCCNCCCl. The van der Waals surface area contributed by atoms with E-state index in [-0.39, 0.29) is 23.4 Å². The molecule has 1 unspecified atom stereocenters. The van der Waals surface area contributed by atoms with E-state index in [1.54, 1.807) is 0 Å². The summed E-state index contributed by atoms with van der Waals surface area (Å²) in [7, 11) is 0. The van der Waals surface area contributed by atoms with E-state index in [2.05, 4.69) is 38.2 Å². The molecule has 3 aliphatic carbocycles. The van der Waals surface area contributed by atoms with Gasteiger partial charge in [-0.25, -0.2) is 0 Å². The van der Waals surface area contributed by atoms with Gasteiger partial charge in [0, 0.05) is 24.8 Å². The Labute approximate surface area is 192 Å². The molecule has 0 amide bonds. The van der Waals surface area contributed by atoms with Crippen molar-refractivity contribution in [3.8, 4) is 0 Å². The number of carbonyl (C=O) groups is 1. The van der Waals surface area contributed by atoms with E-state index >= 15 is 0 Å². The van der Waals surface area contributed by atoms with Crippen molar-refractivity contribution in [2.75, 3.05) is 24.8 Å². The molecule has 3 aliphatic rings. The molecule has 1 saturated carbocycles. The third kappa shape index (κ3) is 5.26. The normalized spacial score (nSPS) is 35.4. The van der Waals surface area contributed by atoms with Gasteiger partial charge in [-0.2, -0.15) is 0 Å². The second-order valence-electron chi connectivity index (χ2n) is 9.81. The monoisotopic (exact) mass is 459 g/mol. The molecule has 0 heterocycles. The Morgan fingerprint density at radius 3 is 2.40 bits per heavy atom. The van der Waals surface area contributed by atoms with Crippen LogP contribution in [0.3, 0.4) is 0 Å². The van der Waals surface area contributed by atoms with Gasteiger partial charge in [0.1, 0.15) is 0 Å². The third-order valence-corrected chi connectivity index (χ3v) is 8.02. The summed E-state index contributed by atoms with van der Waals surface area (Å²) in [6.07, 6.45) is 8.49. The molecule has 0 aliphatic heterocycles. The molecule has 0 bridgehead atoms. The number of carboxylic acids is 1. The maximum absolute atomic E-state index is 12.0. The predicted octanol–water partition coefficient (Wildman–Crippen LogP) is 5.23. The van der Waals surface area contributed by atoms with Crippen molar-refractivity contribution >= 4 is 29.2 Å². The molecule has 3 rings (SSSR count). The highest BCUT2D eigenvalue weighted by molar-refractivity contribution is 6.18. The van der Waals surface area contributed by atoms with Crippen LogP contribution in [-0.2, 0) is 4.79 Å². The van der Waals surface area contributed by atoms with E-state index in [0.29, 0.717) is 17.7 Å². The number of hydrogen-bond acceptors (Lipinski definition) is 3. The molecule has 5 atom stereocenters. The zero-order valence-corrected chi connectivity index (χ0v) is 20.4. The van der Waals surface area contributed by atoms with Crippen molar-refractivity contribution in [3.63, 3.8) is 0 Å². The number of aliphatic carboxylic acids is 1. The zero-order valence-electron chi connectivity index (χ0n) is 18.9. The van der Waals surface area contributed by atoms with Crippen molar-refractivity contribution in [1.29, 1.82) is 0 Å². The number of halogens is 2. The van der Waals surface area contributed by atoms with Gasteiger partial charge in [0.15, 0.2) is 0 Å². The van der Waals surface area contributed by atoms with Crippen LogP contribution in [-0.4, -0.2) is 47.1 Å². The van der Waals surface area contributed by atoms with Gasteiger partial charge in [-0.05, 0) is 66.9 Å². The first kappa shape index (κ1) is 25.7. The molecular formula is C24H39Cl2NO3. The number of alkyl halides is 2. The Balaban J connectivity index is 0.000000396. The van der Waals surface area contributed by atoms with Crippen LogP contribution in [0.5, 0.6) is 0 Å². The molecule has 4 nitrogen and oxygen atoms in total. The quantitative estimate of drug-likeness (QED) is 0.375. The number of aliphatic hydroxyl groups excluding tert-OH is 1. The van der Waals surface area contributed by atoms with Gasteiger partial charge in [0.2, 0.25) is 0 Å². The lowest BCUT2D eigenvalue weighted by atomic mass is 9.46. The number of fused-ring (bicyclic) bond motifs is 3. The maximum atomic E-state index is 12.0. The summed E-state index contributed by atoms with van der Waals surface area (Å²) in [5, 5.41) is 23.5. The van der Waals surface area contributed by atoms with Crippen LogP contribution in [0.25, 0.3) is 0 Å². The van der Waals surface area contributed by atoms with Gasteiger partial charge in [0.05, 0.1) is 11.5 Å². The van der Waals surface area contributed by atoms with E-state index < -0.39 is 11.4 Å². The summed E-state index contributed by atoms with van der Waals surface area (Å²) in [6, 6.07) is 0. The molecular weight excluding hydrogens is 421 g/mol. The minimum atomic E-state index is -0.653. The van der Waals surface area contributed by atoms with Crippen LogP contribution in [0.4, 0.5) is 0 Å². The van der Waals surface area contributed by atoms with Gasteiger partial charge < -0.3 is 15.5 Å². The first-order valence-corrected chi connectivity index (χ1v) is 12.3. The van der Waals surface area contributed by atoms with E-state index in [0.717, 1.165) is 50.8 Å². The highest BCUT2D eigenvalue weighted by Gasteiger charge is 2.57. The highest BCUT2D eigenvalue weighted by atomic mass is 35.5. The average Bonchev–Trinajstić information content (AvgIpc) is 2.68. The zero-order chi connectivity index (χ0) is 22.5. The average molecular weight is 460 g/mol. The fourth-order valence-corrected chi connectivity index (χ4v) is 6.18. The number of allylic oxidation sites excluding steroid dienone is 3. The van der Waals surface area contributed by atoms with Gasteiger partial charge in [-0.15, -0.1) is 23.2 Å². The second-order valence-corrected chi connectivity index (χ2v) is 10.6. The molecule has 0 spiro atoms. The Morgan fingerprint density at radius 1 is 1.23 bits per heavy atom. The highest BCUT2D eigenvalue weighted by Crippen LogP contribution is 2.62. The van der Waals surface area contributed by atoms with E-state index in [1.807, 2.05) is 6.92 Å². The van der Waals surface area contributed by atoms with Crippen LogP contribution < -0.4 is 5.32 Å². The van der Waals surface area contributed by atoms with Crippen LogP contribution >= 0.6 is 23.2 Å². The van der Waals surface area contributed by atoms with Crippen molar-refractivity contribution < 1.29 is 15.0 Å². The van der Waals surface area contributed by atoms with Crippen LogP contribution in [0, 0.1) is 28.6 Å². The lowest BCUT2D eigenvalue weighted by Gasteiger charge is -2.57. The van der Waals surface area contributed by atoms with Crippen molar-refractivity contribution in [2.24, 2.45) is 28.6 Å². The molecule has 3 N–H and O–H groups in total. The summed E-state index contributed by atoms with van der Waals surface area (Å²) in [5.74, 6) is 1.48. The summed E-state index contributed by atoms with van der Waals surface area (Å²) in [4.78, 5) is 12.0. The number of rotatable bonds is 6. The summed E-state index contributed by atoms with van der Waals surface area (Å²) >= 11 is 10.7. The summed E-state index contributed by atoms with van der Waals surface area (Å²) in [6.45, 7) is 10.2. The smallest absolute Gasteiger partial charge is 0.309 e. The van der Waals surface area contributed by atoms with Crippen LogP contribution in [0.15, 0.2) is 23.3 Å². The van der Waals surface area contributed by atoms with E-state index in [9.17, 15) is 15.0 Å². The molecule has 0 radical (unpaired) electrons. The number of nitrogens with one attached hydrogen (secondary N) is 1. The molecule has 0 aromatic rings. The van der Waals surface area contributed by atoms with Crippen LogP contribution in [0.2, 0.25) is 0 Å². The minimum Gasteiger partial charge on any atom is -0.481 e. The molecule has 6 heteroatoms. The molecule has 0 aromatic carbocycles. The number of hydrogen-bond donors (Lipinski definition) is 3. The first-order valence-electron chi connectivity index (χ1n) is 11.3. The van der Waals surface area contributed by atoms with E-state index in [4.69, 9.17) is 23.2 Å². The molecule has 172 valence electrons. The Morgan fingerprint density at radius 2 is 1.87 bits per heavy atom. The van der Waals surface area contributed by atoms with Gasteiger partial charge in [-0.3, -0.25) is 4.79 Å². The summed E-state index contributed by atoms with van der Waals surface area (Å²) < 4.78 is 0. The minimum absolute atomic E-state index is 0.0184. The summed E-state index contributed by atoms with van der Waals surface area (Å²) in [5.41, 5.74) is 1.82. The van der Waals surface area contributed by atoms with Gasteiger partial charge in [0.25, 0.3) is 0 Å². The third-order valence-electron chi connectivity index (χ3n) is 7.64. The molecule has 0 aromatic heterocycles.